The van der Waals surface area contributed by atoms with E-state index >= 15 is 0 Å². The van der Waals surface area contributed by atoms with Gasteiger partial charge in [-0.25, -0.2) is 4.79 Å². The Kier molecular flexibility index (Phi) is 5.46. The largest absolute Gasteiger partial charge is 0.573 e. The lowest BCUT2D eigenvalue weighted by atomic mass is 10.3. The molecule has 0 atom stereocenters. The molecule has 4 nitrogen and oxygen atoms in total. The van der Waals surface area contributed by atoms with E-state index in [1.165, 1.54) is 12.1 Å². The highest BCUT2D eigenvalue weighted by atomic mass is 79.9. The van der Waals surface area contributed by atoms with E-state index in [-0.39, 0.29) is 10.2 Å². The lowest BCUT2D eigenvalue weighted by molar-refractivity contribution is -0.274. The number of alkyl halides is 3. The average Bonchev–Trinajstić information content (AvgIpc) is 2.28. The molecule has 106 valence electrons. The molecule has 0 radical (unpaired) electrons. The topological polar surface area (TPSA) is 50.4 Å². The zero-order valence-electron chi connectivity index (χ0n) is 9.97. The number of rotatable bonds is 4. The Labute approximate surface area is 116 Å². The van der Waals surface area contributed by atoms with Crippen molar-refractivity contribution < 1.29 is 22.7 Å². The summed E-state index contributed by atoms with van der Waals surface area (Å²) >= 11 is 2.95. The van der Waals surface area contributed by atoms with E-state index in [2.05, 4.69) is 31.3 Å². The fraction of sp³-hybridized carbons (Fsp3) is 0.364. The summed E-state index contributed by atoms with van der Waals surface area (Å²) in [7, 11) is 0. The molecule has 0 aliphatic heterocycles. The van der Waals surface area contributed by atoms with Gasteiger partial charge in [0.15, 0.2) is 0 Å². The first-order valence-corrected chi connectivity index (χ1v) is 6.21. The van der Waals surface area contributed by atoms with E-state index in [0.717, 1.165) is 12.5 Å². The van der Waals surface area contributed by atoms with Gasteiger partial charge in [-0.05, 0) is 40.5 Å². The van der Waals surface area contributed by atoms with Crippen molar-refractivity contribution in [1.82, 2.24) is 5.32 Å². The lowest BCUT2D eigenvalue weighted by Crippen LogP contribution is -2.29. The number of benzene rings is 1. The molecule has 0 aliphatic rings. The summed E-state index contributed by atoms with van der Waals surface area (Å²) in [6, 6.07) is 3.34. The van der Waals surface area contributed by atoms with Gasteiger partial charge in [-0.1, -0.05) is 6.92 Å². The first-order valence-electron chi connectivity index (χ1n) is 5.42. The SMILES string of the molecule is CCCNC(=O)Nc1ccc(OC(F)(F)F)c(Br)c1. The predicted octanol–water partition coefficient (Wildman–Crippen LogP) is 3.88. The molecule has 2 N–H and O–H groups in total. The highest BCUT2D eigenvalue weighted by molar-refractivity contribution is 9.10. The molecule has 0 aliphatic carbocycles. The van der Waals surface area contributed by atoms with Crippen molar-refractivity contribution in [2.24, 2.45) is 0 Å². The molecule has 2 amide bonds. The van der Waals surface area contributed by atoms with Gasteiger partial charge in [0.2, 0.25) is 0 Å². The summed E-state index contributed by atoms with van der Waals surface area (Å²) in [6.45, 7) is 2.42. The maximum absolute atomic E-state index is 12.0. The molecule has 1 aromatic carbocycles. The van der Waals surface area contributed by atoms with Gasteiger partial charge < -0.3 is 15.4 Å². The molecule has 0 spiro atoms. The van der Waals surface area contributed by atoms with Gasteiger partial charge >= 0.3 is 12.4 Å². The van der Waals surface area contributed by atoms with Crippen molar-refractivity contribution in [3.05, 3.63) is 22.7 Å². The predicted molar refractivity (Wildman–Crippen MR) is 68.1 cm³/mol. The Balaban J connectivity index is 2.69. The second-order valence-electron chi connectivity index (χ2n) is 3.57. The number of halogens is 4. The number of hydrogen-bond donors (Lipinski definition) is 2. The third-order valence-corrected chi connectivity index (χ3v) is 2.57. The molecule has 0 aromatic heterocycles. The van der Waals surface area contributed by atoms with Gasteiger partial charge in [0, 0.05) is 12.2 Å². The number of carbonyl (C=O) groups is 1. The van der Waals surface area contributed by atoms with Gasteiger partial charge in [-0.15, -0.1) is 13.2 Å². The molecule has 0 fully saturated rings. The Morgan fingerprint density at radius 2 is 2.11 bits per heavy atom. The molecule has 1 rings (SSSR count). The highest BCUT2D eigenvalue weighted by Crippen LogP contribution is 2.32. The van der Waals surface area contributed by atoms with Crippen molar-refractivity contribution in [2.45, 2.75) is 19.7 Å². The summed E-state index contributed by atoms with van der Waals surface area (Å²) in [4.78, 5) is 11.3. The molecular weight excluding hydrogens is 329 g/mol. The van der Waals surface area contributed by atoms with Gasteiger partial charge in [0.1, 0.15) is 5.75 Å². The zero-order chi connectivity index (χ0) is 14.5. The molecule has 0 saturated heterocycles. The van der Waals surface area contributed by atoms with E-state index < -0.39 is 12.4 Å². The van der Waals surface area contributed by atoms with Crippen LogP contribution in [0.1, 0.15) is 13.3 Å². The highest BCUT2D eigenvalue weighted by Gasteiger charge is 2.31. The van der Waals surface area contributed by atoms with E-state index in [0.29, 0.717) is 12.2 Å². The fourth-order valence-electron chi connectivity index (χ4n) is 1.20. The molecule has 0 saturated carbocycles. The summed E-state index contributed by atoms with van der Waals surface area (Å²) in [5.41, 5.74) is 0.356. The number of carbonyl (C=O) groups excluding carboxylic acids is 1. The summed E-state index contributed by atoms with van der Waals surface area (Å²) in [5, 5.41) is 5.07. The lowest BCUT2D eigenvalue weighted by Gasteiger charge is -2.12. The smallest absolute Gasteiger partial charge is 0.405 e. The fourth-order valence-corrected chi connectivity index (χ4v) is 1.66. The summed E-state index contributed by atoms with van der Waals surface area (Å²) < 4.78 is 40.0. The summed E-state index contributed by atoms with van der Waals surface area (Å²) in [5.74, 6) is -0.369. The van der Waals surface area contributed by atoms with E-state index in [4.69, 9.17) is 0 Å². The van der Waals surface area contributed by atoms with Crippen molar-refractivity contribution in [2.75, 3.05) is 11.9 Å². The van der Waals surface area contributed by atoms with Crippen LogP contribution < -0.4 is 15.4 Å². The Hall–Kier alpha value is -1.44. The molecule has 0 heterocycles. The first-order chi connectivity index (χ1) is 8.81. The molecule has 0 unspecified atom stereocenters. The third kappa shape index (κ3) is 5.82. The van der Waals surface area contributed by atoms with E-state index in [9.17, 15) is 18.0 Å². The van der Waals surface area contributed by atoms with Crippen molar-refractivity contribution in [3.63, 3.8) is 0 Å². The van der Waals surface area contributed by atoms with E-state index in [1.807, 2.05) is 6.92 Å². The minimum Gasteiger partial charge on any atom is -0.405 e. The van der Waals surface area contributed by atoms with Gasteiger partial charge in [0.25, 0.3) is 0 Å². The molecule has 8 heteroatoms. The average molecular weight is 341 g/mol. The van der Waals surface area contributed by atoms with Crippen LogP contribution in [0.25, 0.3) is 0 Å². The maximum atomic E-state index is 12.0. The number of ether oxygens (including phenoxy) is 1. The van der Waals surface area contributed by atoms with Crippen LogP contribution in [-0.4, -0.2) is 18.9 Å². The summed E-state index contributed by atoms with van der Waals surface area (Å²) in [6.07, 6.45) is -3.97. The molecule has 0 bridgehead atoms. The van der Waals surface area contributed by atoms with Crippen LogP contribution in [0.5, 0.6) is 5.75 Å². The Morgan fingerprint density at radius 1 is 1.42 bits per heavy atom. The van der Waals surface area contributed by atoms with Crippen LogP contribution in [-0.2, 0) is 0 Å². The number of nitrogens with one attached hydrogen (secondary N) is 2. The van der Waals surface area contributed by atoms with Crippen LogP contribution in [0.2, 0.25) is 0 Å². The Bertz CT molecular complexity index is 452. The van der Waals surface area contributed by atoms with Gasteiger partial charge in [-0.2, -0.15) is 0 Å². The normalized spacial score (nSPS) is 11.0. The van der Waals surface area contributed by atoms with Crippen LogP contribution >= 0.6 is 15.9 Å². The van der Waals surface area contributed by atoms with Crippen LogP contribution in [0.4, 0.5) is 23.7 Å². The van der Waals surface area contributed by atoms with Crippen molar-refractivity contribution >= 4 is 27.6 Å². The standard InChI is InChI=1S/C11H12BrF3N2O2/c1-2-5-16-10(18)17-7-3-4-9(8(12)6-7)19-11(13,14)15/h3-4,6H,2,5H2,1H3,(H2,16,17,18). The molecule has 19 heavy (non-hydrogen) atoms. The zero-order valence-corrected chi connectivity index (χ0v) is 11.6. The number of amides is 2. The van der Waals surface area contributed by atoms with Gasteiger partial charge in [0.05, 0.1) is 4.47 Å². The van der Waals surface area contributed by atoms with Crippen LogP contribution in [0, 0.1) is 0 Å². The van der Waals surface area contributed by atoms with Crippen molar-refractivity contribution in [1.29, 1.82) is 0 Å². The maximum Gasteiger partial charge on any atom is 0.573 e. The third-order valence-electron chi connectivity index (χ3n) is 1.95. The number of urea groups is 1. The minimum absolute atomic E-state index is 0.0955. The van der Waals surface area contributed by atoms with Gasteiger partial charge in [-0.3, -0.25) is 0 Å². The Morgan fingerprint density at radius 3 is 2.63 bits per heavy atom. The number of hydrogen-bond acceptors (Lipinski definition) is 2. The second-order valence-corrected chi connectivity index (χ2v) is 4.43. The van der Waals surface area contributed by atoms with Crippen LogP contribution in [0.15, 0.2) is 22.7 Å². The molecule has 1 aromatic rings. The minimum atomic E-state index is -4.75. The quantitative estimate of drug-likeness (QED) is 0.873. The second kappa shape index (κ2) is 6.65. The van der Waals surface area contributed by atoms with E-state index in [1.54, 1.807) is 0 Å². The monoisotopic (exact) mass is 340 g/mol. The van der Waals surface area contributed by atoms with Crippen molar-refractivity contribution in [3.8, 4) is 5.75 Å². The van der Waals surface area contributed by atoms with Crippen LogP contribution in [0.3, 0.4) is 0 Å². The molecular formula is C11H12BrF3N2O2. The first kappa shape index (κ1) is 15.6. The number of anilines is 1.